The molecule has 3 aromatic carbocycles. The number of non-ortho nitro benzene ring substituents is 2. The molecule has 0 aliphatic carbocycles. The van der Waals surface area contributed by atoms with Crippen LogP contribution in [0.5, 0.6) is 0 Å². The summed E-state index contributed by atoms with van der Waals surface area (Å²) in [6.45, 7) is 0. The van der Waals surface area contributed by atoms with Gasteiger partial charge in [-0.2, -0.15) is 8.42 Å². The van der Waals surface area contributed by atoms with Crippen LogP contribution < -0.4 is 5.32 Å². The first-order chi connectivity index (χ1) is 17.3. The van der Waals surface area contributed by atoms with E-state index in [0.29, 0.717) is 11.3 Å². The zero-order chi connectivity index (χ0) is 27.8. The van der Waals surface area contributed by atoms with Gasteiger partial charge in [0.15, 0.2) is 0 Å². The van der Waals surface area contributed by atoms with Gasteiger partial charge in [-0.05, 0) is 41.5 Å². The van der Waals surface area contributed by atoms with Gasteiger partial charge in [0.25, 0.3) is 27.4 Å². The van der Waals surface area contributed by atoms with Crippen LogP contribution in [0, 0.1) is 20.2 Å². The molecule has 0 unspecified atom stereocenters. The molecule has 0 fully saturated rings. The van der Waals surface area contributed by atoms with Crippen molar-refractivity contribution in [1.29, 1.82) is 0 Å². The van der Waals surface area contributed by atoms with Crippen molar-refractivity contribution in [2.45, 2.75) is 4.90 Å². The number of rotatable bonds is 7. The highest BCUT2D eigenvalue weighted by Crippen LogP contribution is 2.24. The van der Waals surface area contributed by atoms with E-state index in [1.165, 1.54) is 42.5 Å². The number of anilines is 1. The Morgan fingerprint density at radius 3 is 1.84 bits per heavy atom. The highest BCUT2D eigenvalue weighted by atomic mass is 32.2. The monoisotopic (exact) mass is 549 g/mol. The molecule has 0 saturated heterocycles. The van der Waals surface area contributed by atoms with Crippen LogP contribution in [0.1, 0.15) is 21.5 Å². The number of amides is 1. The van der Waals surface area contributed by atoms with Crippen LogP contribution in [-0.4, -0.2) is 41.4 Å². The minimum absolute atomic E-state index is 0.0543. The molecule has 37 heavy (non-hydrogen) atoms. The lowest BCUT2D eigenvalue weighted by Crippen LogP contribution is -2.11. The van der Waals surface area contributed by atoms with Gasteiger partial charge in [0.2, 0.25) is 0 Å². The van der Waals surface area contributed by atoms with Gasteiger partial charge in [-0.1, -0.05) is 24.3 Å². The SMILES string of the molecule is O=C(Nc1ccc(/C=C/c2ccc([N+](=O)[O-])cc2S(=O)(=O)O)cc1)c1ccc([N+](=O)[O-])cc1.O=S(=O)=O. The molecule has 1 amide bonds. The van der Waals surface area contributed by atoms with E-state index in [1.54, 1.807) is 24.3 Å². The summed E-state index contributed by atoms with van der Waals surface area (Å²) in [6, 6.07) is 14.6. The van der Waals surface area contributed by atoms with E-state index in [1.807, 2.05) is 0 Å². The highest BCUT2D eigenvalue weighted by Gasteiger charge is 2.18. The van der Waals surface area contributed by atoms with E-state index in [4.69, 9.17) is 12.6 Å². The van der Waals surface area contributed by atoms with Crippen LogP contribution in [0.2, 0.25) is 0 Å². The van der Waals surface area contributed by atoms with E-state index in [9.17, 15) is 38.0 Å². The Bertz CT molecular complexity index is 1580. The molecule has 0 atom stereocenters. The molecule has 16 heteroatoms. The van der Waals surface area contributed by atoms with Gasteiger partial charge >= 0.3 is 10.6 Å². The third-order valence-electron chi connectivity index (χ3n) is 4.45. The number of nitro benzene ring substituents is 2. The Labute approximate surface area is 210 Å². The molecular weight excluding hydrogens is 534 g/mol. The van der Waals surface area contributed by atoms with Gasteiger partial charge < -0.3 is 5.32 Å². The van der Waals surface area contributed by atoms with Gasteiger partial charge in [0.1, 0.15) is 4.90 Å². The highest BCUT2D eigenvalue weighted by molar-refractivity contribution is 7.86. The molecule has 0 heterocycles. The predicted molar refractivity (Wildman–Crippen MR) is 129 cm³/mol. The lowest BCUT2D eigenvalue weighted by atomic mass is 10.1. The Morgan fingerprint density at radius 1 is 0.838 bits per heavy atom. The number of benzene rings is 3. The lowest BCUT2D eigenvalue weighted by Gasteiger charge is -2.06. The molecule has 0 bridgehead atoms. The van der Waals surface area contributed by atoms with Crippen LogP contribution in [0.4, 0.5) is 17.1 Å². The maximum absolute atomic E-state index is 12.3. The molecule has 0 aromatic heterocycles. The Balaban J connectivity index is 0.00000112. The summed E-state index contributed by atoms with van der Waals surface area (Å²) in [6.07, 6.45) is 2.90. The summed E-state index contributed by atoms with van der Waals surface area (Å²) in [4.78, 5) is 31.9. The molecule has 2 N–H and O–H groups in total. The smallest absolute Gasteiger partial charge is 0.322 e. The summed E-state index contributed by atoms with van der Waals surface area (Å²) < 4.78 is 57.9. The number of hydrogen-bond donors (Lipinski definition) is 2. The van der Waals surface area contributed by atoms with Crippen molar-refractivity contribution in [1.82, 2.24) is 0 Å². The first kappa shape index (κ1) is 28.4. The maximum Gasteiger partial charge on any atom is 0.425 e. The molecule has 14 nitrogen and oxygen atoms in total. The molecule has 192 valence electrons. The lowest BCUT2D eigenvalue weighted by molar-refractivity contribution is -0.385. The third kappa shape index (κ3) is 8.73. The van der Waals surface area contributed by atoms with E-state index < -0.39 is 47.1 Å². The Kier molecular flexibility index (Phi) is 9.41. The summed E-state index contributed by atoms with van der Waals surface area (Å²) in [5.74, 6) is -0.461. The van der Waals surface area contributed by atoms with Crippen molar-refractivity contribution in [3.63, 3.8) is 0 Å². The van der Waals surface area contributed by atoms with Crippen LogP contribution >= 0.6 is 0 Å². The van der Waals surface area contributed by atoms with Gasteiger partial charge in [-0.3, -0.25) is 29.6 Å². The van der Waals surface area contributed by atoms with Crippen LogP contribution in [0.25, 0.3) is 12.2 Å². The number of nitro groups is 2. The molecule has 3 aromatic rings. The van der Waals surface area contributed by atoms with Crippen molar-refractivity contribution in [2.24, 2.45) is 0 Å². The van der Waals surface area contributed by atoms with Crippen LogP contribution in [0.3, 0.4) is 0 Å². The second-order valence-corrected chi connectivity index (χ2v) is 8.67. The number of hydrogen-bond acceptors (Lipinski definition) is 10. The minimum Gasteiger partial charge on any atom is -0.322 e. The molecular formula is C21H15N3O11S2. The molecule has 0 radical (unpaired) electrons. The fourth-order valence-electron chi connectivity index (χ4n) is 2.80. The zero-order valence-corrected chi connectivity index (χ0v) is 19.9. The van der Waals surface area contributed by atoms with E-state index in [-0.39, 0.29) is 16.8 Å². The Hall–Kier alpha value is -4.80. The van der Waals surface area contributed by atoms with Gasteiger partial charge in [-0.25, -0.2) is 0 Å². The van der Waals surface area contributed by atoms with Crippen molar-refractivity contribution < 1.29 is 40.2 Å². The second-order valence-electron chi connectivity index (χ2n) is 6.87. The van der Waals surface area contributed by atoms with E-state index in [2.05, 4.69) is 5.32 Å². The molecule has 3 rings (SSSR count). The van der Waals surface area contributed by atoms with Gasteiger partial charge in [0, 0.05) is 35.5 Å². The third-order valence-corrected chi connectivity index (χ3v) is 5.36. The predicted octanol–water partition coefficient (Wildman–Crippen LogP) is 3.17. The quantitative estimate of drug-likeness (QED) is 0.188. The topological polar surface area (TPSA) is 221 Å². The number of nitrogens with zero attached hydrogens (tertiary/aromatic N) is 2. The fraction of sp³-hybridized carbons (Fsp3) is 0. The number of nitrogens with one attached hydrogen (secondary N) is 1. The largest absolute Gasteiger partial charge is 0.425 e. The standard InChI is InChI=1S/C21H15N3O8S.O3S/c25-21(16-6-10-18(11-7-16)23(26)27)22-17-8-2-14(3-9-17)1-4-15-5-12-19(24(28)29)13-20(15)33(30,31)32;1-4(2)3/h1-13H,(H,22,25)(H,30,31,32);/b4-1+;. The number of carbonyl (C=O) groups excluding carboxylic acids is 1. The maximum atomic E-state index is 12.3. The van der Waals surface area contributed by atoms with E-state index in [0.717, 1.165) is 12.1 Å². The van der Waals surface area contributed by atoms with Crippen molar-refractivity contribution in [2.75, 3.05) is 5.32 Å². The van der Waals surface area contributed by atoms with Crippen molar-refractivity contribution in [3.05, 3.63) is 104 Å². The first-order valence-corrected chi connectivity index (χ1v) is 12.1. The number of carbonyl (C=O) groups is 1. The average molecular weight is 549 g/mol. The normalized spacial score (nSPS) is 10.7. The summed E-state index contributed by atoms with van der Waals surface area (Å²) in [7, 11) is -7.80. The molecule has 0 saturated carbocycles. The molecule has 0 aliphatic rings. The Morgan fingerprint density at radius 2 is 1.35 bits per heavy atom. The van der Waals surface area contributed by atoms with E-state index >= 15 is 0 Å². The van der Waals surface area contributed by atoms with Gasteiger partial charge in [-0.15, -0.1) is 12.6 Å². The molecule has 0 spiro atoms. The minimum atomic E-state index is -4.69. The summed E-state index contributed by atoms with van der Waals surface area (Å²) in [5.41, 5.74) is 0.743. The zero-order valence-electron chi connectivity index (χ0n) is 18.2. The molecule has 0 aliphatic heterocycles. The summed E-state index contributed by atoms with van der Waals surface area (Å²) in [5, 5.41) is 24.2. The van der Waals surface area contributed by atoms with Crippen molar-refractivity contribution >= 4 is 55.8 Å². The second kappa shape index (κ2) is 12.2. The average Bonchev–Trinajstić information content (AvgIpc) is 2.82. The first-order valence-electron chi connectivity index (χ1n) is 9.64. The summed E-state index contributed by atoms with van der Waals surface area (Å²) >= 11 is 0. The van der Waals surface area contributed by atoms with Crippen molar-refractivity contribution in [3.8, 4) is 0 Å². The fourth-order valence-corrected chi connectivity index (χ4v) is 3.50. The van der Waals surface area contributed by atoms with Gasteiger partial charge in [0.05, 0.1) is 9.85 Å². The van der Waals surface area contributed by atoms with Crippen LogP contribution in [0.15, 0.2) is 71.6 Å². The van der Waals surface area contributed by atoms with Crippen LogP contribution in [-0.2, 0) is 20.7 Å².